The van der Waals surface area contributed by atoms with E-state index in [0.717, 1.165) is 39.7 Å². The molecule has 2 aromatic heterocycles. The number of aromatic nitrogens is 4. The molecule has 0 atom stereocenters. The Bertz CT molecular complexity index is 1380. The van der Waals surface area contributed by atoms with Gasteiger partial charge in [0.15, 0.2) is 16.3 Å². The average Bonchev–Trinajstić information content (AvgIpc) is 2.78. The summed E-state index contributed by atoms with van der Waals surface area (Å²) in [4.78, 5) is 38.5. The topological polar surface area (TPSA) is 89.8 Å². The van der Waals surface area contributed by atoms with E-state index in [-0.39, 0.29) is 40.7 Å². The maximum Gasteiger partial charge on any atom is 0.282 e. The van der Waals surface area contributed by atoms with E-state index in [1.165, 1.54) is 29.1 Å². The van der Waals surface area contributed by atoms with Crippen molar-refractivity contribution in [2.24, 2.45) is 0 Å². The Kier molecular flexibility index (Phi) is 6.50. The number of amides is 1. The highest BCUT2D eigenvalue weighted by Crippen LogP contribution is 2.23. The zero-order valence-electron chi connectivity index (χ0n) is 18.4. The van der Waals surface area contributed by atoms with Crippen LogP contribution in [0.15, 0.2) is 58.7 Å². The second-order valence-corrected chi connectivity index (χ2v) is 8.69. The van der Waals surface area contributed by atoms with Gasteiger partial charge in [0.2, 0.25) is 5.91 Å². The zero-order valence-corrected chi connectivity index (χ0v) is 19.2. The lowest BCUT2D eigenvalue weighted by atomic mass is 10.1. The molecule has 0 unspecified atom stereocenters. The van der Waals surface area contributed by atoms with Crippen LogP contribution in [-0.2, 0) is 11.3 Å². The Balaban J connectivity index is 1.61. The summed E-state index contributed by atoms with van der Waals surface area (Å²) in [7, 11) is 0. The molecule has 1 amide bonds. The van der Waals surface area contributed by atoms with Crippen LogP contribution in [0.5, 0.6) is 0 Å². The number of halogens is 1. The van der Waals surface area contributed by atoms with E-state index >= 15 is 0 Å². The van der Waals surface area contributed by atoms with Crippen LogP contribution >= 0.6 is 11.8 Å². The predicted molar refractivity (Wildman–Crippen MR) is 127 cm³/mol. The highest BCUT2D eigenvalue weighted by atomic mass is 32.2. The van der Waals surface area contributed by atoms with Crippen molar-refractivity contribution in [3.8, 4) is 0 Å². The molecule has 0 spiro atoms. The first kappa shape index (κ1) is 22.6. The quantitative estimate of drug-likeness (QED) is 0.343. The van der Waals surface area contributed by atoms with Crippen molar-refractivity contribution in [3.05, 3.63) is 87.2 Å². The summed E-state index contributed by atoms with van der Waals surface area (Å²) in [6.45, 7) is 6.08. The highest BCUT2D eigenvalue weighted by molar-refractivity contribution is 7.99. The largest absolute Gasteiger partial charge is 0.325 e. The molecule has 0 bridgehead atoms. The molecule has 0 aliphatic carbocycles. The molecule has 7 nitrogen and oxygen atoms in total. The number of nitrogens with zero attached hydrogens (tertiary/aromatic N) is 4. The molecule has 33 heavy (non-hydrogen) atoms. The van der Waals surface area contributed by atoms with Crippen molar-refractivity contribution >= 4 is 34.5 Å². The van der Waals surface area contributed by atoms with E-state index in [1.807, 2.05) is 32.9 Å². The number of aryl methyl sites for hydroxylation is 3. The molecule has 4 aromatic rings. The number of anilines is 1. The lowest BCUT2D eigenvalue weighted by molar-refractivity contribution is -0.113. The van der Waals surface area contributed by atoms with Gasteiger partial charge in [-0.2, -0.15) is 0 Å². The summed E-state index contributed by atoms with van der Waals surface area (Å²) in [5.74, 6) is -0.521. The second-order valence-electron chi connectivity index (χ2n) is 7.75. The molecule has 1 N–H and O–H groups in total. The van der Waals surface area contributed by atoms with Crippen molar-refractivity contribution in [3.63, 3.8) is 0 Å². The number of hydrogen-bond acceptors (Lipinski definition) is 6. The highest BCUT2D eigenvalue weighted by Gasteiger charge is 2.16. The smallest absolute Gasteiger partial charge is 0.282 e. The van der Waals surface area contributed by atoms with Gasteiger partial charge in [0.1, 0.15) is 5.82 Å². The van der Waals surface area contributed by atoms with Gasteiger partial charge in [0.25, 0.3) is 5.56 Å². The number of fused-ring (bicyclic) bond motifs is 1. The minimum absolute atomic E-state index is 0.0500. The first-order valence-corrected chi connectivity index (χ1v) is 11.3. The Morgan fingerprint density at radius 3 is 2.42 bits per heavy atom. The van der Waals surface area contributed by atoms with Crippen molar-refractivity contribution < 1.29 is 9.18 Å². The van der Waals surface area contributed by atoms with Gasteiger partial charge >= 0.3 is 0 Å². The number of benzene rings is 2. The molecule has 0 fully saturated rings. The van der Waals surface area contributed by atoms with E-state index in [4.69, 9.17) is 0 Å². The standard InChI is InChI=1S/C24H22FN5O2S/c1-14-10-15(2)20(16(3)11-14)28-19(31)13-33-24-29-22-21(26-8-9-27-22)23(32)30(24)12-17-4-6-18(25)7-5-17/h4-11H,12-13H2,1-3H3,(H,28,31). The third-order valence-electron chi connectivity index (χ3n) is 5.09. The first-order valence-electron chi connectivity index (χ1n) is 10.3. The van der Waals surface area contributed by atoms with E-state index < -0.39 is 0 Å². The summed E-state index contributed by atoms with van der Waals surface area (Å²) in [6, 6.07) is 9.90. The summed E-state index contributed by atoms with van der Waals surface area (Å²) in [5, 5.41) is 3.30. The van der Waals surface area contributed by atoms with Gasteiger partial charge in [0, 0.05) is 18.1 Å². The summed E-state index contributed by atoms with van der Waals surface area (Å²) in [6.07, 6.45) is 2.89. The Morgan fingerprint density at radius 2 is 1.73 bits per heavy atom. The summed E-state index contributed by atoms with van der Waals surface area (Å²) >= 11 is 1.14. The fraction of sp³-hybridized carbons (Fsp3) is 0.208. The molecule has 9 heteroatoms. The molecule has 168 valence electrons. The number of nitrogens with one attached hydrogen (secondary N) is 1. The molecule has 2 aromatic carbocycles. The monoisotopic (exact) mass is 463 g/mol. The predicted octanol–water partition coefficient (Wildman–Crippen LogP) is 4.03. The molecule has 2 heterocycles. The SMILES string of the molecule is Cc1cc(C)c(NC(=O)CSc2nc3nccnc3c(=O)n2Cc2ccc(F)cc2)c(C)c1. The van der Waals surface area contributed by atoms with Gasteiger partial charge in [-0.05, 0) is 49.6 Å². The van der Waals surface area contributed by atoms with Gasteiger partial charge in [0.05, 0.1) is 12.3 Å². The molecular formula is C24H22FN5O2S. The lowest BCUT2D eigenvalue weighted by Gasteiger charge is -2.14. The fourth-order valence-corrected chi connectivity index (χ4v) is 4.42. The number of rotatable bonds is 6. The van der Waals surface area contributed by atoms with Crippen molar-refractivity contribution in [2.75, 3.05) is 11.1 Å². The van der Waals surface area contributed by atoms with Crippen molar-refractivity contribution in [1.29, 1.82) is 0 Å². The maximum atomic E-state index is 13.3. The lowest BCUT2D eigenvalue weighted by Crippen LogP contribution is -2.26. The van der Waals surface area contributed by atoms with E-state index in [2.05, 4.69) is 20.3 Å². The summed E-state index contributed by atoms with van der Waals surface area (Å²) < 4.78 is 14.7. The van der Waals surface area contributed by atoms with Gasteiger partial charge in [-0.15, -0.1) is 0 Å². The van der Waals surface area contributed by atoms with E-state index in [0.29, 0.717) is 5.16 Å². The number of carbonyl (C=O) groups is 1. The molecule has 4 rings (SSSR count). The Morgan fingerprint density at radius 1 is 1.06 bits per heavy atom. The second kappa shape index (κ2) is 9.50. The Hall–Kier alpha value is -3.59. The molecule has 0 aliphatic rings. The van der Waals surface area contributed by atoms with Crippen molar-refractivity contribution in [1.82, 2.24) is 19.5 Å². The number of hydrogen-bond donors (Lipinski definition) is 1. The zero-order chi connectivity index (χ0) is 23.5. The van der Waals surface area contributed by atoms with Crippen LogP contribution in [0.2, 0.25) is 0 Å². The minimum atomic E-state index is -0.370. The Labute approximate surface area is 194 Å². The van der Waals surface area contributed by atoms with Crippen LogP contribution in [0.4, 0.5) is 10.1 Å². The third kappa shape index (κ3) is 5.09. The van der Waals surface area contributed by atoms with E-state index in [1.54, 1.807) is 12.1 Å². The molecular weight excluding hydrogens is 441 g/mol. The van der Waals surface area contributed by atoms with Gasteiger partial charge in [-0.3, -0.25) is 14.2 Å². The molecule has 0 radical (unpaired) electrons. The normalized spacial score (nSPS) is 11.0. The molecule has 0 saturated carbocycles. The fourth-order valence-electron chi connectivity index (χ4n) is 3.63. The third-order valence-corrected chi connectivity index (χ3v) is 6.06. The van der Waals surface area contributed by atoms with Crippen LogP contribution in [0, 0.1) is 26.6 Å². The maximum absolute atomic E-state index is 13.3. The van der Waals surface area contributed by atoms with Crippen LogP contribution in [-0.4, -0.2) is 31.2 Å². The first-order chi connectivity index (χ1) is 15.8. The average molecular weight is 464 g/mol. The van der Waals surface area contributed by atoms with Crippen molar-refractivity contribution in [2.45, 2.75) is 32.5 Å². The van der Waals surface area contributed by atoms with Crippen LogP contribution < -0.4 is 10.9 Å². The van der Waals surface area contributed by atoms with E-state index in [9.17, 15) is 14.0 Å². The van der Waals surface area contributed by atoms with Crippen LogP contribution in [0.3, 0.4) is 0 Å². The molecule has 0 saturated heterocycles. The summed E-state index contributed by atoms with van der Waals surface area (Å²) in [5.41, 5.74) is 4.59. The van der Waals surface area contributed by atoms with Gasteiger partial charge in [-0.1, -0.05) is 41.6 Å². The van der Waals surface area contributed by atoms with Crippen LogP contribution in [0.25, 0.3) is 11.2 Å². The van der Waals surface area contributed by atoms with Gasteiger partial charge < -0.3 is 5.32 Å². The number of carbonyl (C=O) groups excluding carboxylic acids is 1. The van der Waals surface area contributed by atoms with Gasteiger partial charge in [-0.25, -0.2) is 19.3 Å². The number of thioether (sulfide) groups is 1. The molecule has 0 aliphatic heterocycles. The minimum Gasteiger partial charge on any atom is -0.325 e. The van der Waals surface area contributed by atoms with Crippen LogP contribution in [0.1, 0.15) is 22.3 Å².